The van der Waals surface area contributed by atoms with Gasteiger partial charge in [-0.15, -0.1) is 0 Å². The molecule has 5 nitrogen and oxygen atoms in total. The van der Waals surface area contributed by atoms with E-state index in [-0.39, 0.29) is 12.1 Å². The summed E-state index contributed by atoms with van der Waals surface area (Å²) in [5, 5.41) is 0.920. The molecule has 0 aliphatic heterocycles. The third-order valence-electron chi connectivity index (χ3n) is 2.64. The molecule has 0 bridgehead atoms. The van der Waals surface area contributed by atoms with Gasteiger partial charge in [0.1, 0.15) is 6.04 Å². The number of para-hydroxylation sites is 1. The summed E-state index contributed by atoms with van der Waals surface area (Å²) < 4.78 is 1.46. The van der Waals surface area contributed by atoms with Crippen molar-refractivity contribution in [3.05, 3.63) is 46.8 Å². The van der Waals surface area contributed by atoms with Crippen LogP contribution in [0.2, 0.25) is 0 Å². The van der Waals surface area contributed by atoms with E-state index in [2.05, 4.69) is 0 Å². The van der Waals surface area contributed by atoms with Gasteiger partial charge in [-0.1, -0.05) is 18.2 Å². The second-order valence-electron chi connectivity index (χ2n) is 3.85. The number of carbonyl (C=O) groups is 1. The number of aromatic nitrogens is 1. The lowest BCUT2D eigenvalue weighted by atomic mass is 10.2. The highest BCUT2D eigenvalue weighted by atomic mass is 16.1. The Bertz CT molecular complexity index is 618. The molecule has 1 unspecified atom stereocenters. The predicted octanol–water partition coefficient (Wildman–Crippen LogP) is -0.186. The van der Waals surface area contributed by atoms with E-state index in [9.17, 15) is 9.59 Å². The molecule has 2 rings (SSSR count). The minimum atomic E-state index is -0.862. The van der Waals surface area contributed by atoms with Crippen LogP contribution in [-0.4, -0.2) is 16.5 Å². The molecule has 0 saturated heterocycles. The van der Waals surface area contributed by atoms with Gasteiger partial charge in [-0.05, 0) is 17.5 Å². The van der Waals surface area contributed by atoms with Crippen molar-refractivity contribution < 1.29 is 4.79 Å². The fourth-order valence-corrected chi connectivity index (χ4v) is 1.72. The summed E-state index contributed by atoms with van der Waals surface area (Å²) in [5.41, 5.74) is 11.2. The zero-order valence-electron chi connectivity index (χ0n) is 9.17. The zero-order valence-corrected chi connectivity index (χ0v) is 9.17. The number of nitrogens with two attached hydrogens (primary N) is 2. The van der Waals surface area contributed by atoms with Crippen LogP contribution < -0.4 is 17.0 Å². The van der Waals surface area contributed by atoms with E-state index in [1.807, 2.05) is 24.3 Å². The standard InChI is InChI=1S/C12H13N3O2/c13-9(12(14)17)7-15-10-4-2-1-3-8(10)5-6-11(15)16/h1-6,9H,7,13H2,(H2,14,17). The molecular weight excluding hydrogens is 218 g/mol. The fourth-order valence-electron chi connectivity index (χ4n) is 1.72. The van der Waals surface area contributed by atoms with Gasteiger partial charge in [-0.3, -0.25) is 9.59 Å². The molecule has 0 radical (unpaired) electrons. The summed E-state index contributed by atoms with van der Waals surface area (Å²) in [6, 6.07) is 9.74. The lowest BCUT2D eigenvalue weighted by molar-refractivity contribution is -0.119. The van der Waals surface area contributed by atoms with Gasteiger partial charge in [-0.25, -0.2) is 0 Å². The van der Waals surface area contributed by atoms with Crippen LogP contribution in [-0.2, 0) is 11.3 Å². The largest absolute Gasteiger partial charge is 0.368 e. The maximum absolute atomic E-state index is 11.7. The number of amides is 1. The van der Waals surface area contributed by atoms with Crippen molar-refractivity contribution in [3.63, 3.8) is 0 Å². The van der Waals surface area contributed by atoms with Gasteiger partial charge in [0.15, 0.2) is 0 Å². The van der Waals surface area contributed by atoms with E-state index in [1.165, 1.54) is 10.6 Å². The molecule has 4 N–H and O–H groups in total. The van der Waals surface area contributed by atoms with Gasteiger partial charge in [0.2, 0.25) is 5.91 Å². The third-order valence-corrected chi connectivity index (χ3v) is 2.64. The number of benzene rings is 1. The van der Waals surface area contributed by atoms with Crippen molar-refractivity contribution in [3.8, 4) is 0 Å². The van der Waals surface area contributed by atoms with Crippen molar-refractivity contribution in [2.24, 2.45) is 11.5 Å². The van der Waals surface area contributed by atoms with Crippen LogP contribution in [0.25, 0.3) is 10.9 Å². The number of nitrogens with zero attached hydrogens (tertiary/aromatic N) is 1. The SMILES string of the molecule is NC(=O)C(N)Cn1c(=O)ccc2ccccc21. The first-order valence-corrected chi connectivity index (χ1v) is 5.23. The number of fused-ring (bicyclic) bond motifs is 1. The van der Waals surface area contributed by atoms with Crippen LogP contribution in [0.15, 0.2) is 41.2 Å². The van der Waals surface area contributed by atoms with Crippen LogP contribution in [0, 0.1) is 0 Å². The molecule has 0 saturated carbocycles. The second kappa shape index (κ2) is 4.39. The molecule has 1 atom stereocenters. The van der Waals surface area contributed by atoms with Crippen LogP contribution in [0.3, 0.4) is 0 Å². The maximum atomic E-state index is 11.7. The van der Waals surface area contributed by atoms with Crippen molar-refractivity contribution in [2.45, 2.75) is 12.6 Å². The van der Waals surface area contributed by atoms with Gasteiger partial charge in [-0.2, -0.15) is 0 Å². The summed E-state index contributed by atoms with van der Waals surface area (Å²) in [4.78, 5) is 22.7. The number of primary amides is 1. The van der Waals surface area contributed by atoms with Crippen molar-refractivity contribution in [2.75, 3.05) is 0 Å². The first kappa shape index (κ1) is 11.3. The summed E-state index contributed by atoms with van der Waals surface area (Å²) >= 11 is 0. The molecule has 0 aliphatic carbocycles. The minimum absolute atomic E-state index is 0.0928. The highest BCUT2D eigenvalue weighted by molar-refractivity contribution is 5.81. The Balaban J connectivity index is 2.55. The molecule has 1 amide bonds. The van der Waals surface area contributed by atoms with Crippen LogP contribution in [0.5, 0.6) is 0 Å². The van der Waals surface area contributed by atoms with E-state index in [0.29, 0.717) is 0 Å². The zero-order chi connectivity index (χ0) is 12.4. The Morgan fingerprint density at radius 2 is 1.94 bits per heavy atom. The van der Waals surface area contributed by atoms with Gasteiger partial charge in [0, 0.05) is 6.07 Å². The van der Waals surface area contributed by atoms with E-state index in [1.54, 1.807) is 6.07 Å². The van der Waals surface area contributed by atoms with E-state index >= 15 is 0 Å². The van der Waals surface area contributed by atoms with Gasteiger partial charge in [0.25, 0.3) is 5.56 Å². The monoisotopic (exact) mass is 231 g/mol. The minimum Gasteiger partial charge on any atom is -0.368 e. The van der Waals surface area contributed by atoms with Gasteiger partial charge >= 0.3 is 0 Å². The molecule has 1 aromatic carbocycles. The van der Waals surface area contributed by atoms with Gasteiger partial charge < -0.3 is 16.0 Å². The lowest BCUT2D eigenvalue weighted by Crippen LogP contribution is -2.42. The Morgan fingerprint density at radius 3 is 2.65 bits per heavy atom. The van der Waals surface area contributed by atoms with Crippen LogP contribution in [0.4, 0.5) is 0 Å². The van der Waals surface area contributed by atoms with E-state index < -0.39 is 11.9 Å². The Hall–Kier alpha value is -2.14. The van der Waals surface area contributed by atoms with E-state index in [0.717, 1.165) is 10.9 Å². The lowest BCUT2D eigenvalue weighted by Gasteiger charge is -2.12. The average Bonchev–Trinajstić information content (AvgIpc) is 2.32. The van der Waals surface area contributed by atoms with Crippen LogP contribution in [0.1, 0.15) is 0 Å². The van der Waals surface area contributed by atoms with Crippen molar-refractivity contribution in [1.82, 2.24) is 4.57 Å². The summed E-state index contributed by atoms with van der Waals surface area (Å²) in [6.07, 6.45) is 0. The Labute approximate surface area is 97.6 Å². The summed E-state index contributed by atoms with van der Waals surface area (Å²) in [6.45, 7) is 0.0928. The third kappa shape index (κ3) is 2.19. The van der Waals surface area contributed by atoms with E-state index in [4.69, 9.17) is 11.5 Å². The first-order valence-electron chi connectivity index (χ1n) is 5.23. The molecule has 1 aromatic heterocycles. The topological polar surface area (TPSA) is 91.1 Å². The maximum Gasteiger partial charge on any atom is 0.251 e. The Morgan fingerprint density at radius 1 is 1.24 bits per heavy atom. The average molecular weight is 231 g/mol. The highest BCUT2D eigenvalue weighted by Gasteiger charge is 2.12. The predicted molar refractivity (Wildman–Crippen MR) is 65.4 cm³/mol. The Kier molecular flexibility index (Phi) is 2.93. The fraction of sp³-hybridized carbons (Fsp3) is 0.167. The van der Waals surface area contributed by atoms with Crippen molar-refractivity contribution >= 4 is 16.8 Å². The molecule has 1 heterocycles. The molecular formula is C12H13N3O2. The molecule has 5 heteroatoms. The molecule has 0 spiro atoms. The molecule has 0 aliphatic rings. The number of hydrogen-bond acceptors (Lipinski definition) is 3. The summed E-state index contributed by atoms with van der Waals surface area (Å²) in [5.74, 6) is -0.621. The normalized spacial score (nSPS) is 12.5. The number of rotatable bonds is 3. The van der Waals surface area contributed by atoms with Crippen molar-refractivity contribution in [1.29, 1.82) is 0 Å². The van der Waals surface area contributed by atoms with Gasteiger partial charge in [0.05, 0.1) is 12.1 Å². The highest BCUT2D eigenvalue weighted by Crippen LogP contribution is 2.10. The summed E-state index contributed by atoms with van der Waals surface area (Å²) in [7, 11) is 0. The molecule has 2 aromatic rings. The number of hydrogen-bond donors (Lipinski definition) is 2. The number of pyridine rings is 1. The smallest absolute Gasteiger partial charge is 0.251 e. The molecule has 0 fully saturated rings. The van der Waals surface area contributed by atoms with Crippen LogP contribution >= 0.6 is 0 Å². The first-order chi connectivity index (χ1) is 8.09. The molecule has 17 heavy (non-hydrogen) atoms. The second-order valence-corrected chi connectivity index (χ2v) is 3.85. The molecule has 88 valence electrons. The quantitative estimate of drug-likeness (QED) is 0.767. The number of carbonyl (C=O) groups excluding carboxylic acids is 1.